The molecule has 2 heterocycles. The molecule has 3 heteroatoms. The third-order valence-corrected chi connectivity index (χ3v) is 5.45. The highest BCUT2D eigenvalue weighted by Gasteiger charge is 2.22. The number of hydrogen-bond donors (Lipinski definition) is 0. The van der Waals surface area contributed by atoms with Crippen molar-refractivity contribution in [2.75, 3.05) is 0 Å². The normalized spacial score (nSPS) is 18.4. The van der Waals surface area contributed by atoms with Crippen molar-refractivity contribution in [3.63, 3.8) is 0 Å². The first kappa shape index (κ1) is 18.3. The number of halogens is 1. The van der Waals surface area contributed by atoms with Crippen LogP contribution in [0.1, 0.15) is 69.1 Å². The molecule has 0 spiro atoms. The fraction of sp³-hybridized carbons (Fsp3) is 0.500. The van der Waals surface area contributed by atoms with Crippen molar-refractivity contribution in [2.24, 2.45) is 0 Å². The average Bonchev–Trinajstić information content (AvgIpc) is 2.59. The summed E-state index contributed by atoms with van der Waals surface area (Å²) < 4.78 is 5.96. The predicted molar refractivity (Wildman–Crippen MR) is 107 cm³/mol. The summed E-state index contributed by atoms with van der Waals surface area (Å²) in [6.45, 7) is 8.69. The SMILES string of the molecule is CC/C=C/C(CCC)c1cc(Cl)c2nc3c(c(C)c2c1)CCC(C)O3. The Kier molecular flexibility index (Phi) is 5.68. The quantitative estimate of drug-likeness (QED) is 0.551. The zero-order valence-electron chi connectivity index (χ0n) is 15.7. The number of hydrogen-bond acceptors (Lipinski definition) is 2. The Morgan fingerprint density at radius 1 is 1.36 bits per heavy atom. The van der Waals surface area contributed by atoms with Crippen molar-refractivity contribution in [3.05, 3.63) is 46.0 Å². The van der Waals surface area contributed by atoms with E-state index in [0.29, 0.717) is 5.92 Å². The van der Waals surface area contributed by atoms with Crippen LogP contribution in [0.2, 0.25) is 5.02 Å². The van der Waals surface area contributed by atoms with Gasteiger partial charge in [-0.05, 0) is 62.8 Å². The molecule has 134 valence electrons. The Bertz CT molecular complexity index is 796. The van der Waals surface area contributed by atoms with Crippen LogP contribution in [0.4, 0.5) is 0 Å². The summed E-state index contributed by atoms with van der Waals surface area (Å²) >= 11 is 6.65. The van der Waals surface area contributed by atoms with Crippen LogP contribution >= 0.6 is 11.6 Å². The molecule has 25 heavy (non-hydrogen) atoms. The van der Waals surface area contributed by atoms with Crippen molar-refractivity contribution in [1.82, 2.24) is 4.98 Å². The van der Waals surface area contributed by atoms with E-state index in [4.69, 9.17) is 21.3 Å². The van der Waals surface area contributed by atoms with E-state index in [9.17, 15) is 0 Å². The van der Waals surface area contributed by atoms with E-state index in [1.165, 1.54) is 22.1 Å². The molecule has 0 fully saturated rings. The zero-order valence-corrected chi connectivity index (χ0v) is 16.5. The second-order valence-corrected chi connectivity index (χ2v) is 7.53. The third kappa shape index (κ3) is 3.69. The molecule has 3 rings (SSSR count). The lowest BCUT2D eigenvalue weighted by Crippen LogP contribution is -2.20. The van der Waals surface area contributed by atoms with Crippen LogP contribution in [-0.2, 0) is 6.42 Å². The number of fused-ring (bicyclic) bond motifs is 2. The molecule has 1 aromatic heterocycles. The Balaban J connectivity index is 2.13. The van der Waals surface area contributed by atoms with Gasteiger partial charge < -0.3 is 4.74 Å². The number of rotatable bonds is 5. The first-order valence-electron chi connectivity index (χ1n) is 9.51. The number of aromatic nitrogens is 1. The van der Waals surface area contributed by atoms with Crippen LogP contribution in [0.25, 0.3) is 10.9 Å². The summed E-state index contributed by atoms with van der Waals surface area (Å²) in [6, 6.07) is 4.39. The topological polar surface area (TPSA) is 22.1 Å². The van der Waals surface area contributed by atoms with Crippen molar-refractivity contribution >= 4 is 22.5 Å². The largest absolute Gasteiger partial charge is 0.474 e. The molecular formula is C22H28ClNO. The molecule has 0 saturated heterocycles. The number of aryl methyl sites for hydroxylation is 1. The van der Waals surface area contributed by atoms with Crippen LogP contribution in [0.15, 0.2) is 24.3 Å². The molecule has 1 aromatic carbocycles. The zero-order chi connectivity index (χ0) is 18.0. The maximum Gasteiger partial charge on any atom is 0.217 e. The van der Waals surface area contributed by atoms with Gasteiger partial charge >= 0.3 is 0 Å². The van der Waals surface area contributed by atoms with Crippen LogP contribution in [0.3, 0.4) is 0 Å². The number of nitrogens with zero attached hydrogens (tertiary/aromatic N) is 1. The van der Waals surface area contributed by atoms with Crippen molar-refractivity contribution in [1.29, 1.82) is 0 Å². The minimum Gasteiger partial charge on any atom is -0.474 e. The molecular weight excluding hydrogens is 330 g/mol. The molecule has 0 saturated carbocycles. The lowest BCUT2D eigenvalue weighted by Gasteiger charge is -2.25. The third-order valence-electron chi connectivity index (χ3n) is 5.16. The van der Waals surface area contributed by atoms with Crippen molar-refractivity contribution in [2.45, 2.75) is 71.8 Å². The highest BCUT2D eigenvalue weighted by atomic mass is 35.5. The Labute approximate surface area is 156 Å². The lowest BCUT2D eigenvalue weighted by molar-refractivity contribution is 0.184. The Hall–Kier alpha value is -1.54. The molecule has 2 atom stereocenters. The van der Waals surface area contributed by atoms with Gasteiger partial charge in [-0.15, -0.1) is 0 Å². The standard InChI is InChI=1S/C22H28ClNO/c1-5-7-9-16(8-6-2)17-12-19-15(4)18-11-10-14(3)25-22(18)24-21(19)20(23)13-17/h7,9,12-14,16H,5-6,8,10-11H2,1-4H3/b9-7+. The van der Waals surface area contributed by atoms with Gasteiger partial charge in [-0.3, -0.25) is 0 Å². The molecule has 0 N–H and O–H groups in total. The summed E-state index contributed by atoms with van der Waals surface area (Å²) in [4.78, 5) is 4.76. The van der Waals surface area contributed by atoms with Gasteiger partial charge in [0.2, 0.25) is 5.88 Å². The van der Waals surface area contributed by atoms with Gasteiger partial charge in [0.25, 0.3) is 0 Å². The molecule has 0 bridgehead atoms. The Morgan fingerprint density at radius 2 is 2.16 bits per heavy atom. The number of ether oxygens (including phenoxy) is 1. The minimum atomic E-state index is 0.225. The van der Waals surface area contributed by atoms with Crippen LogP contribution in [-0.4, -0.2) is 11.1 Å². The van der Waals surface area contributed by atoms with E-state index in [2.05, 4.69) is 52.0 Å². The van der Waals surface area contributed by atoms with Gasteiger partial charge in [-0.2, -0.15) is 0 Å². The monoisotopic (exact) mass is 357 g/mol. The molecule has 2 unspecified atom stereocenters. The fourth-order valence-electron chi connectivity index (χ4n) is 3.70. The average molecular weight is 358 g/mol. The summed E-state index contributed by atoms with van der Waals surface area (Å²) in [5, 5.41) is 1.90. The maximum absolute atomic E-state index is 6.65. The second kappa shape index (κ2) is 7.78. The summed E-state index contributed by atoms with van der Waals surface area (Å²) in [5.74, 6) is 1.19. The van der Waals surface area contributed by atoms with E-state index in [1.54, 1.807) is 0 Å². The van der Waals surface area contributed by atoms with E-state index in [-0.39, 0.29) is 6.10 Å². The van der Waals surface area contributed by atoms with E-state index in [1.807, 2.05) is 0 Å². The molecule has 1 aliphatic heterocycles. The molecule has 1 aliphatic rings. The highest BCUT2D eigenvalue weighted by molar-refractivity contribution is 6.35. The summed E-state index contributed by atoms with van der Waals surface area (Å²) in [6.07, 6.45) is 10.2. The van der Waals surface area contributed by atoms with Crippen LogP contribution in [0.5, 0.6) is 5.88 Å². The second-order valence-electron chi connectivity index (χ2n) is 7.12. The van der Waals surface area contributed by atoms with Gasteiger partial charge in [0, 0.05) is 16.9 Å². The first-order valence-corrected chi connectivity index (χ1v) is 9.88. The van der Waals surface area contributed by atoms with Crippen LogP contribution < -0.4 is 4.74 Å². The van der Waals surface area contributed by atoms with E-state index >= 15 is 0 Å². The highest BCUT2D eigenvalue weighted by Crippen LogP contribution is 2.38. The molecule has 0 radical (unpaired) electrons. The molecule has 0 aliphatic carbocycles. The maximum atomic E-state index is 6.65. The summed E-state index contributed by atoms with van der Waals surface area (Å²) in [5.41, 5.74) is 4.67. The van der Waals surface area contributed by atoms with E-state index < -0.39 is 0 Å². The fourth-order valence-corrected chi connectivity index (χ4v) is 3.97. The molecule has 2 aromatic rings. The van der Waals surface area contributed by atoms with Crippen molar-refractivity contribution < 1.29 is 4.74 Å². The van der Waals surface area contributed by atoms with Gasteiger partial charge in [0.15, 0.2) is 0 Å². The molecule has 0 amide bonds. The van der Waals surface area contributed by atoms with Crippen molar-refractivity contribution in [3.8, 4) is 5.88 Å². The number of pyridine rings is 1. The van der Waals surface area contributed by atoms with Crippen LogP contribution in [0, 0.1) is 6.92 Å². The number of allylic oxidation sites excluding steroid dienone is 2. The van der Waals surface area contributed by atoms with E-state index in [0.717, 1.165) is 48.5 Å². The lowest BCUT2D eigenvalue weighted by atomic mass is 9.90. The Morgan fingerprint density at radius 3 is 2.88 bits per heavy atom. The smallest absolute Gasteiger partial charge is 0.217 e. The van der Waals surface area contributed by atoms with Gasteiger partial charge in [-0.1, -0.05) is 44.0 Å². The van der Waals surface area contributed by atoms with Gasteiger partial charge in [-0.25, -0.2) is 4.98 Å². The molecule has 2 nitrogen and oxygen atoms in total. The van der Waals surface area contributed by atoms with Gasteiger partial charge in [0.05, 0.1) is 16.6 Å². The number of benzene rings is 1. The first-order chi connectivity index (χ1) is 12.0. The van der Waals surface area contributed by atoms with Gasteiger partial charge in [0.1, 0.15) is 0 Å². The minimum absolute atomic E-state index is 0.225. The summed E-state index contributed by atoms with van der Waals surface area (Å²) in [7, 11) is 0. The predicted octanol–water partition coefficient (Wildman–Crippen LogP) is 6.76.